The fourth-order valence-corrected chi connectivity index (χ4v) is 0.882. The number of carbonyl (C=O) groups excluding carboxylic acids is 1. The zero-order chi connectivity index (χ0) is 8.43. The number of aliphatic imine (C=N–C) groups is 1. The van der Waals surface area contributed by atoms with Crippen LogP contribution in [-0.4, -0.2) is 15.9 Å². The Kier molecular flexibility index (Phi) is 2.08. The van der Waals surface area contributed by atoms with Gasteiger partial charge in [0.15, 0.2) is 0 Å². The lowest BCUT2D eigenvalue weighted by molar-refractivity contribution is 0.565. The van der Waals surface area contributed by atoms with Gasteiger partial charge < -0.3 is 0 Å². The standard InChI is InChI=1S/C6H6ClN3O/c1-4-5(7)6(8-3-11)9-10(4)2/h1-2H3. The quantitative estimate of drug-likeness (QED) is 0.473. The second-order valence-corrected chi connectivity index (χ2v) is 2.43. The van der Waals surface area contributed by atoms with Crippen molar-refractivity contribution in [2.24, 2.45) is 12.0 Å². The number of aromatic nitrogens is 2. The molecule has 0 saturated heterocycles. The Morgan fingerprint density at radius 3 is 2.73 bits per heavy atom. The van der Waals surface area contributed by atoms with E-state index in [4.69, 9.17) is 11.6 Å². The van der Waals surface area contributed by atoms with Gasteiger partial charge >= 0.3 is 0 Å². The average molecular weight is 172 g/mol. The summed E-state index contributed by atoms with van der Waals surface area (Å²) < 4.78 is 1.55. The van der Waals surface area contributed by atoms with E-state index >= 15 is 0 Å². The average Bonchev–Trinajstić information content (AvgIpc) is 2.19. The van der Waals surface area contributed by atoms with Crippen molar-refractivity contribution in [2.75, 3.05) is 0 Å². The maximum absolute atomic E-state index is 9.85. The summed E-state index contributed by atoms with van der Waals surface area (Å²) in [7, 11) is 1.73. The number of nitrogens with zero attached hydrogens (tertiary/aromatic N) is 3. The van der Waals surface area contributed by atoms with Gasteiger partial charge in [-0.05, 0) is 6.92 Å². The minimum atomic E-state index is 0.224. The Hall–Kier alpha value is -1.12. The molecule has 0 aliphatic carbocycles. The zero-order valence-electron chi connectivity index (χ0n) is 6.13. The third kappa shape index (κ3) is 1.31. The van der Waals surface area contributed by atoms with E-state index in [9.17, 15) is 4.79 Å². The number of halogens is 1. The molecule has 0 aliphatic rings. The molecule has 4 nitrogen and oxygen atoms in total. The topological polar surface area (TPSA) is 47.2 Å². The maximum atomic E-state index is 9.85. The summed E-state index contributed by atoms with van der Waals surface area (Å²) in [6, 6.07) is 0. The zero-order valence-corrected chi connectivity index (χ0v) is 6.88. The molecule has 1 heterocycles. The predicted molar refractivity (Wildman–Crippen MR) is 40.7 cm³/mol. The van der Waals surface area contributed by atoms with Crippen molar-refractivity contribution >= 4 is 23.5 Å². The molecular formula is C6H6ClN3O. The van der Waals surface area contributed by atoms with E-state index in [1.165, 1.54) is 6.08 Å². The highest BCUT2D eigenvalue weighted by atomic mass is 35.5. The summed E-state index contributed by atoms with van der Waals surface area (Å²) in [4.78, 5) is 13.2. The van der Waals surface area contributed by atoms with Crippen molar-refractivity contribution in [1.82, 2.24) is 9.78 Å². The fraction of sp³-hybridized carbons (Fsp3) is 0.333. The molecule has 0 unspecified atom stereocenters. The molecule has 0 spiro atoms. The molecule has 1 aromatic rings. The van der Waals surface area contributed by atoms with Crippen LogP contribution in [0, 0.1) is 6.92 Å². The van der Waals surface area contributed by atoms with Crippen LogP contribution in [0.15, 0.2) is 4.99 Å². The lowest BCUT2D eigenvalue weighted by Gasteiger charge is -1.88. The SMILES string of the molecule is Cc1c(Cl)c(N=C=O)nn1C. The molecule has 1 aromatic heterocycles. The number of aryl methyl sites for hydroxylation is 1. The molecule has 58 valence electrons. The number of isocyanates is 1. The van der Waals surface area contributed by atoms with Crippen LogP contribution in [0.4, 0.5) is 5.82 Å². The molecular weight excluding hydrogens is 166 g/mol. The van der Waals surface area contributed by atoms with Gasteiger partial charge in [-0.3, -0.25) is 4.68 Å². The summed E-state index contributed by atoms with van der Waals surface area (Å²) in [5, 5.41) is 4.25. The van der Waals surface area contributed by atoms with Gasteiger partial charge in [0.2, 0.25) is 11.9 Å². The van der Waals surface area contributed by atoms with E-state index in [-0.39, 0.29) is 5.82 Å². The van der Waals surface area contributed by atoms with E-state index in [1.54, 1.807) is 18.7 Å². The normalized spacial score (nSPS) is 9.36. The smallest absolute Gasteiger partial charge is 0.242 e. The molecule has 0 amide bonds. The van der Waals surface area contributed by atoms with Crippen LogP contribution >= 0.6 is 11.6 Å². The van der Waals surface area contributed by atoms with Crippen molar-refractivity contribution in [1.29, 1.82) is 0 Å². The predicted octanol–water partition coefficient (Wildman–Crippen LogP) is 1.35. The van der Waals surface area contributed by atoms with Crippen LogP contribution in [0.1, 0.15) is 5.69 Å². The van der Waals surface area contributed by atoms with Crippen LogP contribution in [0.5, 0.6) is 0 Å². The van der Waals surface area contributed by atoms with Gasteiger partial charge in [0.05, 0.1) is 5.69 Å². The highest BCUT2D eigenvalue weighted by Gasteiger charge is 2.08. The van der Waals surface area contributed by atoms with Gasteiger partial charge in [-0.25, -0.2) is 4.79 Å². The summed E-state index contributed by atoms with van der Waals surface area (Å²) in [6.45, 7) is 1.79. The largest absolute Gasteiger partial charge is 0.269 e. The molecule has 0 atom stereocenters. The summed E-state index contributed by atoms with van der Waals surface area (Å²) in [5.41, 5.74) is 0.778. The molecule has 0 radical (unpaired) electrons. The van der Waals surface area contributed by atoms with Crippen molar-refractivity contribution in [3.05, 3.63) is 10.7 Å². The van der Waals surface area contributed by atoms with Crippen LogP contribution in [0.2, 0.25) is 5.02 Å². The van der Waals surface area contributed by atoms with E-state index in [0.29, 0.717) is 5.02 Å². The minimum absolute atomic E-state index is 0.224. The van der Waals surface area contributed by atoms with Crippen LogP contribution in [0.25, 0.3) is 0 Å². The summed E-state index contributed by atoms with van der Waals surface area (Å²) in [5.74, 6) is 0.224. The van der Waals surface area contributed by atoms with E-state index in [0.717, 1.165) is 5.69 Å². The first-order valence-corrected chi connectivity index (χ1v) is 3.31. The first kappa shape index (κ1) is 7.98. The van der Waals surface area contributed by atoms with Gasteiger partial charge in [0.25, 0.3) is 0 Å². The molecule has 1 rings (SSSR count). The van der Waals surface area contributed by atoms with Gasteiger partial charge in [0.1, 0.15) is 5.02 Å². The van der Waals surface area contributed by atoms with Gasteiger partial charge in [-0.1, -0.05) is 11.6 Å². The highest BCUT2D eigenvalue weighted by molar-refractivity contribution is 6.33. The second-order valence-electron chi connectivity index (χ2n) is 2.05. The molecule has 0 aliphatic heterocycles. The third-order valence-electron chi connectivity index (χ3n) is 1.40. The maximum Gasteiger partial charge on any atom is 0.242 e. The Labute approximate surface area is 68.5 Å². The molecule has 5 heteroatoms. The van der Waals surface area contributed by atoms with Crippen molar-refractivity contribution < 1.29 is 4.79 Å². The van der Waals surface area contributed by atoms with Crippen LogP contribution in [-0.2, 0) is 11.8 Å². The van der Waals surface area contributed by atoms with Crippen LogP contribution in [0.3, 0.4) is 0 Å². The van der Waals surface area contributed by atoms with E-state index in [2.05, 4.69) is 10.1 Å². The molecule has 0 bridgehead atoms. The fourth-order valence-electron chi connectivity index (χ4n) is 0.680. The van der Waals surface area contributed by atoms with Crippen molar-refractivity contribution in [3.8, 4) is 0 Å². The highest BCUT2D eigenvalue weighted by Crippen LogP contribution is 2.25. The Balaban J connectivity index is 3.29. The number of rotatable bonds is 1. The summed E-state index contributed by atoms with van der Waals surface area (Å²) >= 11 is 5.74. The Bertz CT molecular complexity index is 325. The molecule has 0 saturated carbocycles. The number of hydrogen-bond donors (Lipinski definition) is 0. The Morgan fingerprint density at radius 2 is 2.36 bits per heavy atom. The lowest BCUT2D eigenvalue weighted by atomic mass is 10.5. The lowest BCUT2D eigenvalue weighted by Crippen LogP contribution is -1.91. The van der Waals surface area contributed by atoms with Crippen molar-refractivity contribution in [2.45, 2.75) is 6.92 Å². The minimum Gasteiger partial charge on any atom is -0.269 e. The molecule has 11 heavy (non-hydrogen) atoms. The van der Waals surface area contributed by atoms with Gasteiger partial charge in [-0.2, -0.15) is 5.10 Å². The third-order valence-corrected chi connectivity index (χ3v) is 1.84. The first-order chi connectivity index (χ1) is 5.16. The van der Waals surface area contributed by atoms with E-state index < -0.39 is 0 Å². The first-order valence-electron chi connectivity index (χ1n) is 2.93. The van der Waals surface area contributed by atoms with Gasteiger partial charge in [0, 0.05) is 7.05 Å². The Morgan fingerprint density at radius 1 is 1.73 bits per heavy atom. The molecule has 0 fully saturated rings. The molecule has 0 aromatic carbocycles. The molecule has 0 N–H and O–H groups in total. The second kappa shape index (κ2) is 2.86. The van der Waals surface area contributed by atoms with Crippen LogP contribution < -0.4 is 0 Å². The number of hydrogen-bond acceptors (Lipinski definition) is 3. The monoisotopic (exact) mass is 171 g/mol. The van der Waals surface area contributed by atoms with Crippen molar-refractivity contribution in [3.63, 3.8) is 0 Å². The summed E-state index contributed by atoms with van der Waals surface area (Å²) in [6.07, 6.45) is 1.38. The van der Waals surface area contributed by atoms with E-state index in [1.807, 2.05) is 0 Å². The van der Waals surface area contributed by atoms with Gasteiger partial charge in [-0.15, -0.1) is 4.99 Å².